The van der Waals surface area contributed by atoms with Crippen molar-refractivity contribution >= 4 is 5.91 Å². The van der Waals surface area contributed by atoms with Crippen LogP contribution in [0.2, 0.25) is 0 Å². The standard InChI is InChI=1S/C19H19F2NO2/c20-16-7-4-8-17(21)18(16)14-11-15(14)19(24)22(9-10-23)12-13-5-2-1-3-6-13/h1-8,14-15,23H,9-12H2. The lowest BCUT2D eigenvalue weighted by Crippen LogP contribution is -2.34. The SMILES string of the molecule is O=C(C1CC1c1c(F)cccc1F)N(CCO)Cc1ccccc1. The lowest BCUT2D eigenvalue weighted by Gasteiger charge is -2.22. The van der Waals surface area contributed by atoms with E-state index in [2.05, 4.69) is 0 Å². The molecule has 24 heavy (non-hydrogen) atoms. The first-order valence-corrected chi connectivity index (χ1v) is 7.99. The highest BCUT2D eigenvalue weighted by atomic mass is 19.1. The Hall–Kier alpha value is -2.27. The number of benzene rings is 2. The van der Waals surface area contributed by atoms with Gasteiger partial charge in [-0.05, 0) is 24.1 Å². The third-order valence-corrected chi connectivity index (χ3v) is 4.38. The van der Waals surface area contributed by atoms with Gasteiger partial charge in [-0.15, -0.1) is 0 Å². The lowest BCUT2D eigenvalue weighted by atomic mass is 10.1. The van der Waals surface area contributed by atoms with E-state index in [0.717, 1.165) is 5.56 Å². The average molecular weight is 331 g/mol. The fraction of sp³-hybridized carbons (Fsp3) is 0.316. The molecule has 1 aliphatic carbocycles. The van der Waals surface area contributed by atoms with Crippen molar-refractivity contribution in [3.8, 4) is 0 Å². The number of aliphatic hydroxyl groups is 1. The molecule has 2 aromatic rings. The predicted octanol–water partition coefficient (Wildman–Crippen LogP) is 3.09. The molecule has 126 valence electrons. The number of nitrogens with zero attached hydrogens (tertiary/aromatic N) is 1. The third kappa shape index (κ3) is 3.46. The van der Waals surface area contributed by atoms with E-state index in [4.69, 9.17) is 0 Å². The summed E-state index contributed by atoms with van der Waals surface area (Å²) < 4.78 is 27.7. The van der Waals surface area contributed by atoms with Gasteiger partial charge in [0.1, 0.15) is 11.6 Å². The van der Waals surface area contributed by atoms with Gasteiger partial charge >= 0.3 is 0 Å². The summed E-state index contributed by atoms with van der Waals surface area (Å²) in [6, 6.07) is 13.2. The van der Waals surface area contributed by atoms with Crippen molar-refractivity contribution in [3.05, 3.63) is 71.3 Å². The van der Waals surface area contributed by atoms with E-state index in [9.17, 15) is 18.7 Å². The van der Waals surface area contributed by atoms with Crippen LogP contribution in [0.1, 0.15) is 23.5 Å². The van der Waals surface area contributed by atoms with Crippen LogP contribution < -0.4 is 0 Å². The highest BCUT2D eigenvalue weighted by molar-refractivity contribution is 5.83. The maximum atomic E-state index is 13.9. The third-order valence-electron chi connectivity index (χ3n) is 4.38. The van der Waals surface area contributed by atoms with E-state index < -0.39 is 23.5 Å². The van der Waals surface area contributed by atoms with Gasteiger partial charge < -0.3 is 10.0 Å². The van der Waals surface area contributed by atoms with Crippen molar-refractivity contribution in [2.24, 2.45) is 5.92 Å². The minimum Gasteiger partial charge on any atom is -0.395 e. The van der Waals surface area contributed by atoms with Gasteiger partial charge in [0, 0.05) is 30.5 Å². The molecular formula is C19H19F2NO2. The van der Waals surface area contributed by atoms with Gasteiger partial charge in [-0.25, -0.2) is 8.78 Å². The minimum atomic E-state index is -0.605. The summed E-state index contributed by atoms with van der Waals surface area (Å²) in [4.78, 5) is 14.2. The van der Waals surface area contributed by atoms with Crippen LogP contribution in [0.4, 0.5) is 8.78 Å². The Bertz CT molecular complexity index is 700. The van der Waals surface area contributed by atoms with Crippen molar-refractivity contribution in [2.45, 2.75) is 18.9 Å². The van der Waals surface area contributed by atoms with Crippen molar-refractivity contribution in [1.29, 1.82) is 0 Å². The summed E-state index contributed by atoms with van der Waals surface area (Å²) in [5.41, 5.74) is 0.952. The number of carbonyl (C=O) groups excluding carboxylic acids is 1. The molecule has 5 heteroatoms. The zero-order valence-corrected chi connectivity index (χ0v) is 13.2. The van der Waals surface area contributed by atoms with E-state index >= 15 is 0 Å². The maximum absolute atomic E-state index is 13.9. The summed E-state index contributed by atoms with van der Waals surface area (Å²) in [6.45, 7) is 0.434. The van der Waals surface area contributed by atoms with Crippen molar-refractivity contribution in [1.82, 2.24) is 4.90 Å². The van der Waals surface area contributed by atoms with Crippen molar-refractivity contribution in [3.63, 3.8) is 0 Å². The average Bonchev–Trinajstić information content (AvgIpc) is 3.35. The fourth-order valence-electron chi connectivity index (χ4n) is 3.08. The Labute approximate surface area is 139 Å². The zero-order valence-electron chi connectivity index (χ0n) is 13.2. The Morgan fingerprint density at radius 3 is 2.38 bits per heavy atom. The van der Waals surface area contributed by atoms with Crippen molar-refractivity contribution < 1.29 is 18.7 Å². The van der Waals surface area contributed by atoms with Gasteiger partial charge in [0.2, 0.25) is 5.91 Å². The molecule has 1 aliphatic rings. The van der Waals surface area contributed by atoms with E-state index in [1.807, 2.05) is 30.3 Å². The molecule has 2 unspecified atom stereocenters. The highest BCUT2D eigenvalue weighted by Gasteiger charge is 2.48. The van der Waals surface area contributed by atoms with Crippen molar-refractivity contribution in [2.75, 3.05) is 13.2 Å². The number of halogens is 2. The van der Waals surface area contributed by atoms with Gasteiger partial charge in [0.15, 0.2) is 0 Å². The molecule has 1 fully saturated rings. The number of carbonyl (C=O) groups is 1. The van der Waals surface area contributed by atoms with E-state index in [1.165, 1.54) is 18.2 Å². The first-order valence-electron chi connectivity index (χ1n) is 7.99. The number of rotatable bonds is 6. The van der Waals surface area contributed by atoms with Crippen LogP contribution in [0.25, 0.3) is 0 Å². The Kier molecular flexibility index (Phi) is 4.90. The minimum absolute atomic E-state index is 0.000454. The Balaban J connectivity index is 1.73. The number of hydrogen-bond acceptors (Lipinski definition) is 2. The van der Waals surface area contributed by atoms with Crippen LogP contribution in [-0.4, -0.2) is 29.1 Å². The molecule has 0 heterocycles. The largest absolute Gasteiger partial charge is 0.395 e. The maximum Gasteiger partial charge on any atom is 0.226 e. The molecule has 1 N–H and O–H groups in total. The van der Waals surface area contributed by atoms with Gasteiger partial charge in [-0.1, -0.05) is 36.4 Å². The normalized spacial score (nSPS) is 19.1. The molecule has 1 amide bonds. The zero-order chi connectivity index (χ0) is 17.1. The van der Waals surface area contributed by atoms with Crippen LogP contribution in [0.15, 0.2) is 48.5 Å². The second-order valence-corrected chi connectivity index (χ2v) is 6.05. The Morgan fingerprint density at radius 1 is 1.08 bits per heavy atom. The van der Waals surface area contributed by atoms with E-state index in [0.29, 0.717) is 13.0 Å². The summed E-state index contributed by atoms with van der Waals surface area (Å²) in [6.07, 6.45) is 0.438. The number of amides is 1. The summed E-state index contributed by atoms with van der Waals surface area (Å²) in [5.74, 6) is -2.22. The van der Waals surface area contributed by atoms with Gasteiger partial charge in [-0.2, -0.15) is 0 Å². The Morgan fingerprint density at radius 2 is 1.75 bits per heavy atom. The molecule has 2 aromatic carbocycles. The smallest absolute Gasteiger partial charge is 0.226 e. The number of aliphatic hydroxyl groups excluding tert-OH is 1. The van der Waals surface area contributed by atoms with Gasteiger partial charge in [0.05, 0.1) is 6.61 Å². The molecule has 0 bridgehead atoms. The predicted molar refractivity (Wildman–Crippen MR) is 86.2 cm³/mol. The molecular weight excluding hydrogens is 312 g/mol. The van der Waals surface area contributed by atoms with Crippen LogP contribution >= 0.6 is 0 Å². The van der Waals surface area contributed by atoms with Crippen LogP contribution in [0.3, 0.4) is 0 Å². The molecule has 3 rings (SSSR count). The van der Waals surface area contributed by atoms with Crippen LogP contribution in [0, 0.1) is 17.6 Å². The quantitative estimate of drug-likeness (QED) is 0.884. The lowest BCUT2D eigenvalue weighted by molar-refractivity contribution is -0.133. The van der Waals surface area contributed by atoms with E-state index in [-0.39, 0.29) is 24.6 Å². The second kappa shape index (κ2) is 7.09. The molecule has 0 saturated heterocycles. The second-order valence-electron chi connectivity index (χ2n) is 6.05. The van der Waals surface area contributed by atoms with Gasteiger partial charge in [-0.3, -0.25) is 4.79 Å². The molecule has 0 aromatic heterocycles. The summed E-state index contributed by atoms with van der Waals surface area (Å²) >= 11 is 0. The first-order chi connectivity index (χ1) is 11.6. The molecule has 0 spiro atoms. The van der Waals surface area contributed by atoms with Crippen LogP contribution in [0.5, 0.6) is 0 Å². The monoisotopic (exact) mass is 331 g/mol. The molecule has 2 atom stereocenters. The first kappa shape index (κ1) is 16.6. The van der Waals surface area contributed by atoms with Crippen LogP contribution in [-0.2, 0) is 11.3 Å². The summed E-state index contributed by atoms with van der Waals surface area (Å²) in [5, 5.41) is 9.22. The van der Waals surface area contributed by atoms with E-state index in [1.54, 1.807) is 4.90 Å². The molecule has 1 saturated carbocycles. The molecule has 0 radical (unpaired) electrons. The molecule has 3 nitrogen and oxygen atoms in total. The van der Waals surface area contributed by atoms with Gasteiger partial charge in [0.25, 0.3) is 0 Å². The number of hydrogen-bond donors (Lipinski definition) is 1. The summed E-state index contributed by atoms with van der Waals surface area (Å²) in [7, 11) is 0. The topological polar surface area (TPSA) is 40.5 Å². The highest BCUT2D eigenvalue weighted by Crippen LogP contribution is 2.50. The molecule has 0 aliphatic heterocycles. The fourth-order valence-corrected chi connectivity index (χ4v) is 3.08.